The van der Waals surface area contributed by atoms with Gasteiger partial charge in [0.1, 0.15) is 5.75 Å². The Morgan fingerprint density at radius 1 is 1.07 bits per heavy atom. The maximum atomic E-state index is 13.7. The van der Waals surface area contributed by atoms with Crippen molar-refractivity contribution in [3.05, 3.63) is 65.2 Å². The third-order valence-electron chi connectivity index (χ3n) is 6.26. The molecule has 1 fully saturated rings. The lowest BCUT2D eigenvalue weighted by atomic mass is 9.82. The van der Waals surface area contributed by atoms with E-state index >= 15 is 0 Å². The summed E-state index contributed by atoms with van der Waals surface area (Å²) in [5.41, 5.74) is 3.47. The molecule has 4 rings (SSSR count). The predicted octanol–water partition coefficient (Wildman–Crippen LogP) is 3.58. The molecular formula is C24H28N2O3. The van der Waals surface area contributed by atoms with Gasteiger partial charge in [-0.3, -0.25) is 9.59 Å². The average molecular weight is 392 g/mol. The normalized spacial score (nSPS) is 21.7. The highest BCUT2D eigenvalue weighted by Gasteiger charge is 2.43. The zero-order chi connectivity index (χ0) is 20.4. The molecule has 0 saturated carbocycles. The minimum absolute atomic E-state index is 0.108. The average Bonchev–Trinajstić information content (AvgIpc) is 2.78. The Bertz CT molecular complexity index is 911. The summed E-state index contributed by atoms with van der Waals surface area (Å²) in [7, 11) is 1.64. The Labute approximate surface area is 172 Å². The molecule has 2 aromatic rings. The molecule has 152 valence electrons. The number of carbonyl (C=O) groups is 2. The lowest BCUT2D eigenvalue weighted by Gasteiger charge is -2.43. The van der Waals surface area contributed by atoms with Crippen LogP contribution >= 0.6 is 0 Å². The summed E-state index contributed by atoms with van der Waals surface area (Å²) in [5, 5.41) is 0. The highest BCUT2D eigenvalue weighted by Crippen LogP contribution is 2.41. The van der Waals surface area contributed by atoms with Gasteiger partial charge in [-0.2, -0.15) is 0 Å². The third-order valence-corrected chi connectivity index (χ3v) is 6.26. The van der Waals surface area contributed by atoms with Gasteiger partial charge in [0, 0.05) is 31.6 Å². The summed E-state index contributed by atoms with van der Waals surface area (Å²) in [5.74, 6) is 0.722. The molecule has 0 unspecified atom stereocenters. The molecule has 2 aromatic carbocycles. The topological polar surface area (TPSA) is 49.9 Å². The number of likely N-dealkylation sites (tertiary alicyclic amines) is 1. The van der Waals surface area contributed by atoms with Crippen molar-refractivity contribution < 1.29 is 14.3 Å². The molecule has 2 heterocycles. The second-order valence-corrected chi connectivity index (χ2v) is 7.79. The van der Waals surface area contributed by atoms with Crippen LogP contribution in [0.15, 0.2) is 48.5 Å². The fraction of sp³-hybridized carbons (Fsp3) is 0.417. The van der Waals surface area contributed by atoms with E-state index in [9.17, 15) is 9.59 Å². The van der Waals surface area contributed by atoms with Crippen molar-refractivity contribution in [2.24, 2.45) is 5.92 Å². The van der Waals surface area contributed by atoms with E-state index in [-0.39, 0.29) is 23.8 Å². The van der Waals surface area contributed by atoms with Gasteiger partial charge in [0.2, 0.25) is 11.8 Å². The molecule has 0 aliphatic carbocycles. The second-order valence-electron chi connectivity index (χ2n) is 7.79. The number of amides is 2. The molecule has 29 heavy (non-hydrogen) atoms. The van der Waals surface area contributed by atoms with Crippen molar-refractivity contribution in [3.63, 3.8) is 0 Å². The standard InChI is InChI=1S/C24H28N2O3/c1-3-26-22(27)13-12-20(23(26)19-10-6-7-11-21(19)29-2)24(28)25-15-14-17-8-4-5-9-18(17)16-25/h4-11,20,23H,3,12-16H2,1-2H3/t20-,23+/m1/s1. The summed E-state index contributed by atoms with van der Waals surface area (Å²) >= 11 is 0. The summed E-state index contributed by atoms with van der Waals surface area (Å²) in [4.78, 5) is 30.2. The molecule has 1 saturated heterocycles. The van der Waals surface area contributed by atoms with Gasteiger partial charge in [0.25, 0.3) is 0 Å². The Balaban J connectivity index is 1.67. The van der Waals surface area contributed by atoms with Crippen molar-refractivity contribution in [3.8, 4) is 5.75 Å². The first-order chi connectivity index (χ1) is 14.1. The quantitative estimate of drug-likeness (QED) is 0.799. The van der Waals surface area contributed by atoms with E-state index in [0.717, 1.165) is 24.3 Å². The van der Waals surface area contributed by atoms with Gasteiger partial charge in [0.15, 0.2) is 0 Å². The first-order valence-electron chi connectivity index (χ1n) is 10.4. The van der Waals surface area contributed by atoms with Crippen LogP contribution in [0.4, 0.5) is 0 Å². The SMILES string of the molecule is CCN1C(=O)CC[C@@H](C(=O)N2CCc3ccccc3C2)[C@@H]1c1ccccc1OC. The van der Waals surface area contributed by atoms with Gasteiger partial charge >= 0.3 is 0 Å². The minimum atomic E-state index is -0.290. The molecule has 0 bridgehead atoms. The van der Waals surface area contributed by atoms with E-state index in [1.165, 1.54) is 11.1 Å². The summed E-state index contributed by atoms with van der Waals surface area (Å²) in [6.45, 7) is 3.92. The van der Waals surface area contributed by atoms with Crippen LogP contribution < -0.4 is 4.74 Å². The van der Waals surface area contributed by atoms with Crippen LogP contribution in [0.1, 0.15) is 42.5 Å². The van der Waals surface area contributed by atoms with E-state index in [1.807, 2.05) is 47.1 Å². The number of hydrogen-bond acceptors (Lipinski definition) is 3. The van der Waals surface area contributed by atoms with Crippen LogP contribution in [0.25, 0.3) is 0 Å². The summed E-state index contributed by atoms with van der Waals surface area (Å²) in [6.07, 6.45) is 1.87. The number of rotatable bonds is 4. The fourth-order valence-corrected chi connectivity index (χ4v) is 4.80. The lowest BCUT2D eigenvalue weighted by molar-refractivity contribution is -0.148. The highest BCUT2D eigenvalue weighted by atomic mass is 16.5. The Morgan fingerprint density at radius 3 is 2.55 bits per heavy atom. The molecule has 2 atom stereocenters. The molecule has 0 radical (unpaired) electrons. The number of nitrogens with zero attached hydrogens (tertiary/aromatic N) is 2. The van der Waals surface area contributed by atoms with E-state index < -0.39 is 0 Å². The number of ether oxygens (including phenoxy) is 1. The van der Waals surface area contributed by atoms with Crippen molar-refractivity contribution in [1.29, 1.82) is 0 Å². The van der Waals surface area contributed by atoms with Crippen molar-refractivity contribution in [2.45, 2.75) is 38.8 Å². The molecule has 2 aliphatic heterocycles. The lowest BCUT2D eigenvalue weighted by Crippen LogP contribution is -2.49. The Morgan fingerprint density at radius 2 is 1.79 bits per heavy atom. The first-order valence-corrected chi connectivity index (χ1v) is 10.4. The molecule has 2 aliphatic rings. The minimum Gasteiger partial charge on any atom is -0.496 e. The van der Waals surface area contributed by atoms with Crippen LogP contribution in [0.5, 0.6) is 5.75 Å². The van der Waals surface area contributed by atoms with Crippen molar-refractivity contribution >= 4 is 11.8 Å². The summed E-state index contributed by atoms with van der Waals surface area (Å²) < 4.78 is 5.58. The monoisotopic (exact) mass is 392 g/mol. The van der Waals surface area contributed by atoms with Crippen LogP contribution in [-0.4, -0.2) is 41.8 Å². The summed E-state index contributed by atoms with van der Waals surface area (Å²) in [6, 6.07) is 15.8. The Kier molecular flexibility index (Phi) is 5.56. The van der Waals surface area contributed by atoms with Gasteiger partial charge in [-0.15, -0.1) is 0 Å². The molecule has 0 aromatic heterocycles. The van der Waals surface area contributed by atoms with E-state index in [1.54, 1.807) is 7.11 Å². The van der Waals surface area contributed by atoms with Gasteiger partial charge < -0.3 is 14.5 Å². The van der Waals surface area contributed by atoms with Gasteiger partial charge in [0.05, 0.1) is 19.1 Å². The van der Waals surface area contributed by atoms with Crippen molar-refractivity contribution in [1.82, 2.24) is 9.80 Å². The second kappa shape index (κ2) is 8.27. The van der Waals surface area contributed by atoms with Crippen molar-refractivity contribution in [2.75, 3.05) is 20.2 Å². The van der Waals surface area contributed by atoms with Crippen LogP contribution in [-0.2, 0) is 22.6 Å². The van der Waals surface area contributed by atoms with E-state index in [2.05, 4.69) is 18.2 Å². The number of hydrogen-bond donors (Lipinski definition) is 0. The maximum absolute atomic E-state index is 13.7. The number of piperidine rings is 1. The zero-order valence-electron chi connectivity index (χ0n) is 17.1. The largest absolute Gasteiger partial charge is 0.496 e. The highest BCUT2D eigenvalue weighted by molar-refractivity contribution is 5.85. The molecular weight excluding hydrogens is 364 g/mol. The fourth-order valence-electron chi connectivity index (χ4n) is 4.80. The zero-order valence-corrected chi connectivity index (χ0v) is 17.1. The molecule has 0 N–H and O–H groups in total. The van der Waals surface area contributed by atoms with Crippen LogP contribution in [0, 0.1) is 5.92 Å². The smallest absolute Gasteiger partial charge is 0.228 e. The first kappa shape index (κ1) is 19.5. The number of methoxy groups -OCH3 is 1. The Hall–Kier alpha value is -2.82. The van der Waals surface area contributed by atoms with Gasteiger partial charge in [-0.05, 0) is 37.0 Å². The number of fused-ring (bicyclic) bond motifs is 1. The molecule has 5 nitrogen and oxygen atoms in total. The van der Waals surface area contributed by atoms with Gasteiger partial charge in [-0.25, -0.2) is 0 Å². The molecule has 0 spiro atoms. The van der Waals surface area contributed by atoms with E-state index in [4.69, 9.17) is 4.74 Å². The maximum Gasteiger partial charge on any atom is 0.228 e. The van der Waals surface area contributed by atoms with Crippen LogP contribution in [0.2, 0.25) is 0 Å². The number of para-hydroxylation sites is 1. The number of carbonyl (C=O) groups excluding carboxylic acids is 2. The molecule has 5 heteroatoms. The molecule has 2 amide bonds. The third kappa shape index (κ3) is 3.61. The van der Waals surface area contributed by atoms with Crippen LogP contribution in [0.3, 0.4) is 0 Å². The van der Waals surface area contributed by atoms with E-state index in [0.29, 0.717) is 25.9 Å². The van der Waals surface area contributed by atoms with Gasteiger partial charge in [-0.1, -0.05) is 42.5 Å². The predicted molar refractivity (Wildman–Crippen MR) is 111 cm³/mol. The number of benzene rings is 2.